The summed E-state index contributed by atoms with van der Waals surface area (Å²) >= 11 is 1.61. The summed E-state index contributed by atoms with van der Waals surface area (Å²) < 4.78 is 5.33. The van der Waals surface area contributed by atoms with Crippen molar-refractivity contribution >= 4 is 23.5 Å². The lowest BCUT2D eigenvalue weighted by Crippen LogP contribution is -2.46. The highest BCUT2D eigenvalue weighted by molar-refractivity contribution is 7.98. The van der Waals surface area contributed by atoms with Crippen LogP contribution >= 0.6 is 11.8 Å². The molecule has 1 aromatic carbocycles. The summed E-state index contributed by atoms with van der Waals surface area (Å²) in [6.45, 7) is 9.26. The topological polar surface area (TPSA) is 73.8 Å². The fourth-order valence-electron chi connectivity index (χ4n) is 3.60. The minimum Gasteiger partial charge on any atom is -0.378 e. The lowest BCUT2D eigenvalue weighted by molar-refractivity contribution is 0.0951. The number of aromatic nitrogens is 2. The zero-order chi connectivity index (χ0) is 23.6. The van der Waals surface area contributed by atoms with Crippen LogP contribution in [-0.4, -0.2) is 92.7 Å². The van der Waals surface area contributed by atoms with Crippen LogP contribution in [0.2, 0.25) is 0 Å². The van der Waals surface area contributed by atoms with E-state index in [1.54, 1.807) is 18.9 Å². The smallest absolute Gasteiger partial charge is 0.251 e. The quantitative estimate of drug-likeness (QED) is 0.395. The van der Waals surface area contributed by atoms with Crippen molar-refractivity contribution in [3.05, 3.63) is 47.2 Å². The van der Waals surface area contributed by atoms with Gasteiger partial charge in [-0.1, -0.05) is 30.8 Å². The van der Waals surface area contributed by atoms with Gasteiger partial charge in [0.1, 0.15) is 5.82 Å². The number of nitrogens with zero attached hydrogens (tertiary/aromatic N) is 5. The number of hydrogen-bond acceptors (Lipinski definition) is 8. The summed E-state index contributed by atoms with van der Waals surface area (Å²) in [4.78, 5) is 28.6. The van der Waals surface area contributed by atoms with Crippen molar-refractivity contribution < 1.29 is 9.53 Å². The van der Waals surface area contributed by atoms with E-state index >= 15 is 0 Å². The number of piperazine rings is 1. The molecule has 0 atom stereocenters. The molecule has 1 fully saturated rings. The maximum atomic E-state index is 12.3. The molecule has 0 bridgehead atoms. The van der Waals surface area contributed by atoms with Crippen LogP contribution in [0.4, 0.5) is 5.82 Å². The van der Waals surface area contributed by atoms with Crippen molar-refractivity contribution in [2.24, 2.45) is 0 Å². The Morgan fingerprint density at radius 2 is 1.88 bits per heavy atom. The number of benzene rings is 1. The normalized spacial score (nSPS) is 14.6. The van der Waals surface area contributed by atoms with Gasteiger partial charge in [-0.15, -0.1) is 0 Å². The standard InChI is InChI=1S/C24H36N6O2S/c1-5-29-12-14-30(15-13-29)22-16-21(17-32-4)26-24(27-22)33-18-19-6-8-20(9-7-19)23(31)25-10-11-28(2)3/h6-9,16H,5,10-15,17-18H2,1-4H3,(H,25,31). The van der Waals surface area contributed by atoms with Gasteiger partial charge in [0.05, 0.1) is 12.3 Å². The van der Waals surface area contributed by atoms with Crippen LogP contribution in [0.15, 0.2) is 35.5 Å². The molecule has 1 amide bonds. The second kappa shape index (κ2) is 12.9. The van der Waals surface area contributed by atoms with E-state index in [4.69, 9.17) is 9.72 Å². The third-order valence-electron chi connectivity index (χ3n) is 5.61. The van der Waals surface area contributed by atoms with Crippen molar-refractivity contribution in [2.45, 2.75) is 24.4 Å². The monoisotopic (exact) mass is 472 g/mol. The van der Waals surface area contributed by atoms with Crippen LogP contribution < -0.4 is 10.2 Å². The summed E-state index contributed by atoms with van der Waals surface area (Å²) in [7, 11) is 5.66. The number of carbonyl (C=O) groups excluding carboxylic acids is 1. The highest BCUT2D eigenvalue weighted by Crippen LogP contribution is 2.24. The minimum atomic E-state index is -0.0422. The molecule has 1 aromatic heterocycles. The van der Waals surface area contributed by atoms with E-state index in [1.807, 2.05) is 49.3 Å². The van der Waals surface area contributed by atoms with Gasteiger partial charge in [-0.05, 0) is 38.3 Å². The number of methoxy groups -OCH3 is 1. The van der Waals surface area contributed by atoms with E-state index in [1.165, 1.54) is 0 Å². The fraction of sp³-hybridized carbons (Fsp3) is 0.542. The molecule has 1 aliphatic heterocycles. The Hall–Kier alpha value is -2.20. The van der Waals surface area contributed by atoms with E-state index < -0.39 is 0 Å². The van der Waals surface area contributed by atoms with E-state index in [9.17, 15) is 4.79 Å². The number of amides is 1. The van der Waals surface area contributed by atoms with Crippen LogP contribution in [0.25, 0.3) is 0 Å². The molecule has 180 valence electrons. The molecule has 1 N–H and O–H groups in total. The molecule has 0 spiro atoms. The maximum Gasteiger partial charge on any atom is 0.251 e. The highest BCUT2D eigenvalue weighted by atomic mass is 32.2. The van der Waals surface area contributed by atoms with E-state index in [-0.39, 0.29) is 5.91 Å². The second-order valence-corrected chi connectivity index (χ2v) is 9.34. The first kappa shape index (κ1) is 25.4. The molecular formula is C24H36N6O2S. The summed E-state index contributed by atoms with van der Waals surface area (Å²) in [6, 6.07) is 9.79. The lowest BCUT2D eigenvalue weighted by atomic mass is 10.1. The molecule has 0 aliphatic carbocycles. The Kier molecular flexibility index (Phi) is 9.93. The first-order valence-corrected chi connectivity index (χ1v) is 12.5. The molecule has 2 heterocycles. The van der Waals surface area contributed by atoms with Gasteiger partial charge in [-0.3, -0.25) is 4.79 Å². The third-order valence-corrected chi connectivity index (χ3v) is 6.53. The molecule has 0 radical (unpaired) electrons. The van der Waals surface area contributed by atoms with Gasteiger partial charge < -0.3 is 24.8 Å². The molecule has 1 aliphatic rings. The summed E-state index contributed by atoms with van der Waals surface area (Å²) in [5, 5.41) is 3.70. The molecule has 2 aromatic rings. The average molecular weight is 473 g/mol. The Bertz CT molecular complexity index is 885. The van der Waals surface area contributed by atoms with Crippen LogP contribution in [0, 0.1) is 0 Å². The van der Waals surface area contributed by atoms with Crippen LogP contribution in [0.3, 0.4) is 0 Å². The predicted molar refractivity (Wildman–Crippen MR) is 134 cm³/mol. The molecule has 1 saturated heterocycles. The Morgan fingerprint density at radius 3 is 2.52 bits per heavy atom. The third kappa shape index (κ3) is 7.96. The lowest BCUT2D eigenvalue weighted by Gasteiger charge is -2.34. The first-order chi connectivity index (χ1) is 16.0. The molecule has 33 heavy (non-hydrogen) atoms. The zero-order valence-electron chi connectivity index (χ0n) is 20.2. The van der Waals surface area contributed by atoms with Gasteiger partial charge in [-0.2, -0.15) is 0 Å². The molecule has 0 unspecified atom stereocenters. The number of anilines is 1. The Balaban J connectivity index is 1.60. The largest absolute Gasteiger partial charge is 0.378 e. The van der Waals surface area contributed by atoms with E-state index in [0.29, 0.717) is 18.7 Å². The SMILES string of the molecule is CCN1CCN(c2cc(COC)nc(SCc3ccc(C(=O)NCCN(C)C)cc3)n2)CC1. The number of hydrogen-bond donors (Lipinski definition) is 1. The molecule has 0 saturated carbocycles. The number of likely N-dealkylation sites (N-methyl/N-ethyl adjacent to an activating group) is 2. The number of nitrogens with one attached hydrogen (secondary N) is 1. The van der Waals surface area contributed by atoms with Crippen molar-refractivity contribution in [3.8, 4) is 0 Å². The van der Waals surface area contributed by atoms with E-state index in [0.717, 1.165) is 67.3 Å². The number of thioether (sulfide) groups is 1. The van der Waals surface area contributed by atoms with Gasteiger partial charge in [0, 0.05) is 63.8 Å². The van der Waals surface area contributed by atoms with Crippen molar-refractivity contribution in [2.75, 3.05) is 71.9 Å². The molecule has 3 rings (SSSR count). The number of rotatable bonds is 11. The summed E-state index contributed by atoms with van der Waals surface area (Å²) in [6.07, 6.45) is 0. The summed E-state index contributed by atoms with van der Waals surface area (Å²) in [5.41, 5.74) is 2.70. The fourth-order valence-corrected chi connectivity index (χ4v) is 4.42. The van der Waals surface area contributed by atoms with Gasteiger partial charge >= 0.3 is 0 Å². The molecular weight excluding hydrogens is 436 g/mol. The van der Waals surface area contributed by atoms with E-state index in [2.05, 4.69) is 27.0 Å². The van der Waals surface area contributed by atoms with Gasteiger partial charge in [0.15, 0.2) is 5.16 Å². The van der Waals surface area contributed by atoms with Gasteiger partial charge in [0.2, 0.25) is 0 Å². The first-order valence-electron chi connectivity index (χ1n) is 11.5. The Labute approximate surface area is 201 Å². The van der Waals surface area contributed by atoms with Crippen LogP contribution in [0.1, 0.15) is 28.5 Å². The summed E-state index contributed by atoms with van der Waals surface area (Å²) in [5.74, 6) is 1.67. The van der Waals surface area contributed by atoms with Crippen LogP contribution in [0.5, 0.6) is 0 Å². The van der Waals surface area contributed by atoms with Crippen molar-refractivity contribution in [1.29, 1.82) is 0 Å². The number of carbonyl (C=O) groups is 1. The zero-order valence-corrected chi connectivity index (χ0v) is 21.0. The Morgan fingerprint density at radius 1 is 1.15 bits per heavy atom. The molecule has 9 heteroatoms. The van der Waals surface area contributed by atoms with Gasteiger partial charge in [0.25, 0.3) is 5.91 Å². The average Bonchev–Trinajstić information content (AvgIpc) is 2.83. The maximum absolute atomic E-state index is 12.3. The second-order valence-electron chi connectivity index (χ2n) is 8.40. The predicted octanol–water partition coefficient (Wildman–Crippen LogP) is 2.35. The minimum absolute atomic E-state index is 0.0422. The molecule has 8 nitrogen and oxygen atoms in total. The van der Waals surface area contributed by atoms with Crippen LogP contribution in [-0.2, 0) is 17.1 Å². The highest BCUT2D eigenvalue weighted by Gasteiger charge is 2.18. The number of ether oxygens (including phenoxy) is 1. The van der Waals surface area contributed by atoms with Crippen molar-refractivity contribution in [1.82, 2.24) is 25.1 Å². The van der Waals surface area contributed by atoms with Gasteiger partial charge in [-0.25, -0.2) is 9.97 Å². The van der Waals surface area contributed by atoms with Crippen molar-refractivity contribution in [3.63, 3.8) is 0 Å².